The number of benzene rings is 2. The maximum absolute atomic E-state index is 13.8. The van der Waals surface area contributed by atoms with Crippen molar-refractivity contribution in [2.75, 3.05) is 13.1 Å². The van der Waals surface area contributed by atoms with Crippen LogP contribution in [0.3, 0.4) is 0 Å². The van der Waals surface area contributed by atoms with Crippen LogP contribution in [0, 0.1) is 5.82 Å². The Labute approximate surface area is 208 Å². The van der Waals surface area contributed by atoms with E-state index in [1.54, 1.807) is 39.1 Å². The van der Waals surface area contributed by atoms with Gasteiger partial charge in [0, 0.05) is 29.6 Å². The lowest BCUT2D eigenvalue weighted by atomic mass is 9.90. The van der Waals surface area contributed by atoms with Crippen molar-refractivity contribution in [3.05, 3.63) is 83.5 Å². The molecule has 0 unspecified atom stereocenters. The third kappa shape index (κ3) is 5.97. The zero-order valence-electron chi connectivity index (χ0n) is 20.5. The number of hydrogen-bond acceptors (Lipinski definition) is 5. The summed E-state index contributed by atoms with van der Waals surface area (Å²) in [6.45, 7) is 5.47. The predicted molar refractivity (Wildman–Crippen MR) is 133 cm³/mol. The van der Waals surface area contributed by atoms with Gasteiger partial charge in [-0.2, -0.15) is 0 Å². The van der Waals surface area contributed by atoms with E-state index in [9.17, 15) is 19.1 Å². The second-order valence-corrected chi connectivity index (χ2v) is 9.74. The smallest absolute Gasteiger partial charge is 0.411 e. The van der Waals surface area contributed by atoms with Crippen LogP contribution >= 0.6 is 0 Å². The number of aromatic amines is 1. The monoisotopic (exact) mass is 495 g/mol. The summed E-state index contributed by atoms with van der Waals surface area (Å²) in [5.41, 5.74) is 1.45. The van der Waals surface area contributed by atoms with Crippen molar-refractivity contribution in [1.82, 2.24) is 15.2 Å². The summed E-state index contributed by atoms with van der Waals surface area (Å²) >= 11 is 0. The minimum atomic E-state index is -0.729. The molecule has 3 aromatic rings. The summed E-state index contributed by atoms with van der Waals surface area (Å²) < 4.78 is 24.7. The first kappa shape index (κ1) is 25.1. The molecule has 0 aliphatic carbocycles. The van der Waals surface area contributed by atoms with Gasteiger partial charge in [-0.1, -0.05) is 30.3 Å². The first-order valence-electron chi connectivity index (χ1n) is 11.7. The van der Waals surface area contributed by atoms with E-state index in [2.05, 4.69) is 10.3 Å². The van der Waals surface area contributed by atoms with Gasteiger partial charge in [0.05, 0.1) is 12.6 Å². The second-order valence-electron chi connectivity index (χ2n) is 9.74. The van der Waals surface area contributed by atoms with Gasteiger partial charge in [-0.05, 0) is 56.2 Å². The van der Waals surface area contributed by atoms with E-state index in [1.807, 2.05) is 30.3 Å². The third-order valence-electron chi connectivity index (χ3n) is 5.85. The molecule has 2 aromatic carbocycles. The molecule has 1 aliphatic rings. The molecule has 8 nitrogen and oxygen atoms in total. The number of amides is 2. The Bertz CT molecular complexity index is 1270. The summed E-state index contributed by atoms with van der Waals surface area (Å²) in [5, 5.41) is 13.9. The highest BCUT2D eigenvalue weighted by Gasteiger charge is 2.39. The van der Waals surface area contributed by atoms with Crippen LogP contribution < -0.4 is 5.32 Å². The largest absolute Gasteiger partial charge is 0.511 e. The molecule has 0 radical (unpaired) electrons. The number of aromatic nitrogens is 1. The van der Waals surface area contributed by atoms with Gasteiger partial charge in [0.1, 0.15) is 23.8 Å². The van der Waals surface area contributed by atoms with Crippen molar-refractivity contribution in [3.8, 4) is 0 Å². The molecule has 2 atom stereocenters. The van der Waals surface area contributed by atoms with Gasteiger partial charge >= 0.3 is 12.2 Å². The maximum atomic E-state index is 13.8. The van der Waals surface area contributed by atoms with E-state index in [1.165, 1.54) is 17.0 Å². The molecule has 1 aliphatic heterocycles. The minimum absolute atomic E-state index is 0.0217. The van der Waals surface area contributed by atoms with Crippen molar-refractivity contribution in [3.63, 3.8) is 0 Å². The number of carbonyl (C=O) groups is 2. The lowest BCUT2D eigenvalue weighted by molar-refractivity contribution is 0.0211. The zero-order valence-corrected chi connectivity index (χ0v) is 20.5. The van der Waals surface area contributed by atoms with Crippen LogP contribution in [-0.4, -0.2) is 51.9 Å². The number of rotatable bonds is 6. The second kappa shape index (κ2) is 10.3. The summed E-state index contributed by atoms with van der Waals surface area (Å²) in [6, 6.07) is 13.1. The molecule has 36 heavy (non-hydrogen) atoms. The number of nitrogens with zero attached hydrogens (tertiary/aromatic N) is 1. The summed E-state index contributed by atoms with van der Waals surface area (Å²) in [7, 11) is 0. The number of aliphatic hydroxyl groups is 1. The fraction of sp³-hybridized carbons (Fsp3) is 0.333. The summed E-state index contributed by atoms with van der Waals surface area (Å²) in [4.78, 5) is 30.0. The molecule has 1 aromatic heterocycles. The first-order valence-corrected chi connectivity index (χ1v) is 11.7. The number of halogens is 1. The third-order valence-corrected chi connectivity index (χ3v) is 5.85. The van der Waals surface area contributed by atoms with Crippen LogP contribution in [0.5, 0.6) is 0 Å². The first-order chi connectivity index (χ1) is 17.1. The average Bonchev–Trinajstić information content (AvgIpc) is 3.41. The molecule has 9 heteroatoms. The summed E-state index contributed by atoms with van der Waals surface area (Å²) in [5.74, 6) is -0.858. The Balaban J connectivity index is 1.59. The molecular weight excluding hydrogens is 465 g/mol. The Morgan fingerprint density at radius 1 is 1.22 bits per heavy atom. The number of ether oxygens (including phenoxy) is 2. The highest BCUT2D eigenvalue weighted by molar-refractivity contribution is 5.84. The molecule has 0 bridgehead atoms. The van der Waals surface area contributed by atoms with Crippen LogP contribution in [0.25, 0.3) is 10.9 Å². The van der Waals surface area contributed by atoms with Crippen LogP contribution in [-0.2, 0) is 16.1 Å². The number of alkyl carbamates (subject to hydrolysis) is 1. The van der Waals surface area contributed by atoms with Gasteiger partial charge in [0.2, 0.25) is 0 Å². The molecule has 0 fully saturated rings. The molecule has 4 rings (SSSR count). The van der Waals surface area contributed by atoms with Gasteiger partial charge in [0.25, 0.3) is 0 Å². The van der Waals surface area contributed by atoms with E-state index in [4.69, 9.17) is 9.47 Å². The highest BCUT2D eigenvalue weighted by atomic mass is 19.1. The van der Waals surface area contributed by atoms with E-state index in [0.29, 0.717) is 5.52 Å². The van der Waals surface area contributed by atoms with E-state index in [-0.39, 0.29) is 31.3 Å². The number of carbonyl (C=O) groups excluding carboxylic acids is 2. The molecule has 190 valence electrons. The molecule has 0 saturated carbocycles. The van der Waals surface area contributed by atoms with Gasteiger partial charge < -0.3 is 24.9 Å². The van der Waals surface area contributed by atoms with Crippen molar-refractivity contribution in [2.45, 2.75) is 44.9 Å². The lowest BCUT2D eigenvalue weighted by Crippen LogP contribution is -2.45. The van der Waals surface area contributed by atoms with Gasteiger partial charge in [-0.3, -0.25) is 4.90 Å². The molecule has 2 amide bonds. The fourth-order valence-corrected chi connectivity index (χ4v) is 4.27. The van der Waals surface area contributed by atoms with Crippen LogP contribution in [0.2, 0.25) is 0 Å². The highest BCUT2D eigenvalue weighted by Crippen LogP contribution is 2.34. The number of nitrogens with one attached hydrogen (secondary N) is 2. The molecule has 3 N–H and O–H groups in total. The van der Waals surface area contributed by atoms with Gasteiger partial charge in [0.15, 0.2) is 0 Å². The van der Waals surface area contributed by atoms with Crippen LogP contribution in [0.15, 0.2) is 66.6 Å². The summed E-state index contributed by atoms with van der Waals surface area (Å²) in [6.07, 6.45) is 2.09. The predicted octanol–water partition coefficient (Wildman–Crippen LogP) is 5.38. The van der Waals surface area contributed by atoms with Gasteiger partial charge in [-0.25, -0.2) is 14.0 Å². The van der Waals surface area contributed by atoms with Crippen molar-refractivity contribution in [1.29, 1.82) is 0 Å². The van der Waals surface area contributed by atoms with Crippen molar-refractivity contribution >= 4 is 23.1 Å². The Morgan fingerprint density at radius 3 is 2.69 bits per heavy atom. The molecule has 2 heterocycles. The lowest BCUT2D eigenvalue weighted by Gasteiger charge is -2.32. The standard InChI is InChI=1S/C27H30FN3O5/c1-27(2,3)36-26(34)31-15-19(32)12-24(31)22(21-13-29-23-11-18(28)9-10-20(21)23)14-30-25(33)35-16-17-7-5-4-6-8-17/h4-13,22,24,29,32H,14-16H2,1-3H3,(H,30,33)/t22-,24+/m1/s1. The van der Waals surface area contributed by atoms with Gasteiger partial charge in [-0.15, -0.1) is 0 Å². The molecule has 0 saturated heterocycles. The Kier molecular flexibility index (Phi) is 7.19. The van der Waals surface area contributed by atoms with E-state index < -0.39 is 29.7 Å². The quantitative estimate of drug-likeness (QED) is 0.426. The average molecular weight is 496 g/mol. The maximum Gasteiger partial charge on any atom is 0.411 e. The van der Waals surface area contributed by atoms with Crippen LogP contribution in [0.1, 0.15) is 37.8 Å². The number of fused-ring (bicyclic) bond motifs is 1. The number of aliphatic hydroxyl groups excluding tert-OH is 1. The normalized spacial score (nSPS) is 16.5. The van der Waals surface area contributed by atoms with Crippen molar-refractivity contribution < 1.29 is 28.6 Å². The SMILES string of the molecule is CC(C)(C)OC(=O)N1CC(O)=C[C@H]1[C@H](CNC(=O)OCc1ccccc1)c1c[nH]c2cc(F)ccc12. The minimum Gasteiger partial charge on any atom is -0.511 e. The molecular formula is C27H30FN3O5. The fourth-order valence-electron chi connectivity index (χ4n) is 4.27. The molecule has 0 spiro atoms. The van der Waals surface area contributed by atoms with E-state index in [0.717, 1.165) is 16.5 Å². The van der Waals surface area contributed by atoms with Crippen molar-refractivity contribution in [2.24, 2.45) is 0 Å². The number of H-pyrrole nitrogens is 1. The van der Waals surface area contributed by atoms with E-state index >= 15 is 0 Å². The Morgan fingerprint density at radius 2 is 1.97 bits per heavy atom. The topological polar surface area (TPSA) is 104 Å². The zero-order chi connectivity index (χ0) is 25.9. The van der Waals surface area contributed by atoms with Crippen LogP contribution in [0.4, 0.5) is 14.0 Å². The Hall–Kier alpha value is -4.01. The number of hydrogen-bond donors (Lipinski definition) is 3.